The molecular formula is C13H23NO. The molecule has 1 spiro atoms. The van der Waals surface area contributed by atoms with Gasteiger partial charge in [-0.15, -0.1) is 0 Å². The third-order valence-electron chi connectivity index (χ3n) is 4.61. The third-order valence-corrected chi connectivity index (χ3v) is 4.61. The molecule has 86 valence electrons. The molecule has 2 saturated carbocycles. The van der Waals surface area contributed by atoms with Crippen LogP contribution in [0.1, 0.15) is 58.3 Å². The Morgan fingerprint density at radius 3 is 2.53 bits per heavy atom. The Labute approximate surface area is 92.8 Å². The van der Waals surface area contributed by atoms with E-state index in [4.69, 9.17) is 4.74 Å². The van der Waals surface area contributed by atoms with Crippen LogP contribution < -0.4 is 5.32 Å². The Bertz CT molecular complexity index is 241. The molecule has 1 heterocycles. The highest BCUT2D eigenvalue weighted by atomic mass is 16.5. The first-order valence-corrected chi connectivity index (χ1v) is 6.63. The lowest BCUT2D eigenvalue weighted by Crippen LogP contribution is -2.36. The second-order valence-corrected chi connectivity index (χ2v) is 6.11. The molecule has 3 fully saturated rings. The van der Waals surface area contributed by atoms with Crippen LogP contribution >= 0.6 is 0 Å². The fraction of sp³-hybridized carbons (Fsp3) is 1.00. The molecular weight excluding hydrogens is 186 g/mol. The quantitative estimate of drug-likeness (QED) is 0.771. The molecule has 2 aliphatic carbocycles. The first kappa shape index (κ1) is 10.1. The molecule has 2 nitrogen and oxygen atoms in total. The minimum Gasteiger partial charge on any atom is -0.370 e. The van der Waals surface area contributed by atoms with E-state index in [9.17, 15) is 0 Å². The average Bonchev–Trinajstić information content (AvgIpc) is 2.71. The largest absolute Gasteiger partial charge is 0.370 e. The molecule has 1 atom stereocenters. The zero-order chi connectivity index (χ0) is 10.4. The Morgan fingerprint density at radius 1 is 1.13 bits per heavy atom. The van der Waals surface area contributed by atoms with E-state index in [0.717, 1.165) is 6.54 Å². The molecule has 15 heavy (non-hydrogen) atoms. The van der Waals surface area contributed by atoms with E-state index in [1.54, 1.807) is 0 Å². The SMILES string of the molecule is CC1(NCC2CCC3(CCCC3)O2)CC1. The van der Waals surface area contributed by atoms with E-state index in [0.29, 0.717) is 17.2 Å². The van der Waals surface area contributed by atoms with Crippen LogP contribution in [0.3, 0.4) is 0 Å². The van der Waals surface area contributed by atoms with Crippen LogP contribution in [0, 0.1) is 0 Å². The maximum atomic E-state index is 6.27. The highest BCUT2D eigenvalue weighted by Crippen LogP contribution is 2.43. The summed E-state index contributed by atoms with van der Waals surface area (Å²) in [7, 11) is 0. The van der Waals surface area contributed by atoms with Gasteiger partial charge in [0.15, 0.2) is 0 Å². The minimum absolute atomic E-state index is 0.316. The molecule has 1 saturated heterocycles. The summed E-state index contributed by atoms with van der Waals surface area (Å²) < 4.78 is 6.27. The summed E-state index contributed by atoms with van der Waals surface area (Å²) in [5, 5.41) is 3.66. The van der Waals surface area contributed by atoms with Gasteiger partial charge >= 0.3 is 0 Å². The first-order valence-electron chi connectivity index (χ1n) is 6.63. The van der Waals surface area contributed by atoms with E-state index in [2.05, 4.69) is 12.2 Å². The number of nitrogens with one attached hydrogen (secondary N) is 1. The zero-order valence-corrected chi connectivity index (χ0v) is 9.85. The summed E-state index contributed by atoms with van der Waals surface area (Å²) in [6, 6.07) is 0. The standard InChI is InChI=1S/C13H23NO/c1-12(8-9-12)14-10-11-4-7-13(15-11)5-2-3-6-13/h11,14H,2-10H2,1H3. The molecule has 3 aliphatic rings. The maximum Gasteiger partial charge on any atom is 0.0708 e. The maximum absolute atomic E-state index is 6.27. The molecule has 0 bridgehead atoms. The van der Waals surface area contributed by atoms with Crippen LogP contribution in [-0.4, -0.2) is 23.8 Å². The Morgan fingerprint density at radius 2 is 1.87 bits per heavy atom. The normalized spacial score (nSPS) is 36.2. The lowest BCUT2D eigenvalue weighted by Gasteiger charge is -2.24. The van der Waals surface area contributed by atoms with Crippen molar-refractivity contribution < 1.29 is 4.74 Å². The molecule has 0 aromatic heterocycles. The van der Waals surface area contributed by atoms with Crippen molar-refractivity contribution in [2.24, 2.45) is 0 Å². The Kier molecular flexibility index (Phi) is 2.33. The van der Waals surface area contributed by atoms with Crippen molar-refractivity contribution >= 4 is 0 Å². The fourth-order valence-electron chi connectivity index (χ4n) is 3.15. The summed E-state index contributed by atoms with van der Waals surface area (Å²) in [4.78, 5) is 0. The third kappa shape index (κ3) is 2.07. The highest BCUT2D eigenvalue weighted by Gasteiger charge is 2.43. The topological polar surface area (TPSA) is 21.3 Å². The fourth-order valence-corrected chi connectivity index (χ4v) is 3.15. The second kappa shape index (κ2) is 3.46. The summed E-state index contributed by atoms with van der Waals surface area (Å²) in [6.07, 6.45) is 11.2. The van der Waals surface area contributed by atoms with E-state index in [1.165, 1.54) is 51.4 Å². The van der Waals surface area contributed by atoms with Crippen LogP contribution in [0.5, 0.6) is 0 Å². The van der Waals surface area contributed by atoms with Gasteiger partial charge in [0.05, 0.1) is 11.7 Å². The lowest BCUT2D eigenvalue weighted by atomic mass is 9.98. The van der Waals surface area contributed by atoms with Crippen LogP contribution in [0.4, 0.5) is 0 Å². The summed E-state index contributed by atoms with van der Waals surface area (Å²) in [6.45, 7) is 3.41. The predicted octanol–water partition coefficient (Wildman–Crippen LogP) is 2.62. The van der Waals surface area contributed by atoms with Gasteiger partial charge in [-0.05, 0) is 45.4 Å². The van der Waals surface area contributed by atoms with Gasteiger partial charge in [0.2, 0.25) is 0 Å². The van der Waals surface area contributed by atoms with Crippen molar-refractivity contribution in [1.82, 2.24) is 5.32 Å². The monoisotopic (exact) mass is 209 g/mol. The lowest BCUT2D eigenvalue weighted by molar-refractivity contribution is -0.0360. The molecule has 1 unspecified atom stereocenters. The highest BCUT2D eigenvalue weighted by molar-refractivity contribution is 4.99. The predicted molar refractivity (Wildman–Crippen MR) is 60.9 cm³/mol. The van der Waals surface area contributed by atoms with Gasteiger partial charge in [0.25, 0.3) is 0 Å². The number of hydrogen-bond donors (Lipinski definition) is 1. The van der Waals surface area contributed by atoms with Crippen molar-refractivity contribution in [3.05, 3.63) is 0 Å². The van der Waals surface area contributed by atoms with Gasteiger partial charge in [-0.25, -0.2) is 0 Å². The number of hydrogen-bond acceptors (Lipinski definition) is 2. The van der Waals surface area contributed by atoms with Crippen LogP contribution in [0.25, 0.3) is 0 Å². The smallest absolute Gasteiger partial charge is 0.0708 e. The average molecular weight is 209 g/mol. The molecule has 0 aromatic rings. The van der Waals surface area contributed by atoms with Crippen molar-refractivity contribution in [3.8, 4) is 0 Å². The van der Waals surface area contributed by atoms with Crippen molar-refractivity contribution in [2.75, 3.05) is 6.54 Å². The minimum atomic E-state index is 0.316. The van der Waals surface area contributed by atoms with Gasteiger partial charge in [0, 0.05) is 12.1 Å². The summed E-state index contributed by atoms with van der Waals surface area (Å²) >= 11 is 0. The van der Waals surface area contributed by atoms with E-state index in [1.807, 2.05) is 0 Å². The van der Waals surface area contributed by atoms with Crippen molar-refractivity contribution in [3.63, 3.8) is 0 Å². The van der Waals surface area contributed by atoms with Crippen molar-refractivity contribution in [2.45, 2.75) is 75.5 Å². The second-order valence-electron chi connectivity index (χ2n) is 6.11. The Hall–Kier alpha value is -0.0800. The zero-order valence-electron chi connectivity index (χ0n) is 9.85. The Balaban J connectivity index is 1.48. The van der Waals surface area contributed by atoms with E-state index >= 15 is 0 Å². The summed E-state index contributed by atoms with van der Waals surface area (Å²) in [5.74, 6) is 0. The van der Waals surface area contributed by atoms with E-state index in [-0.39, 0.29) is 0 Å². The molecule has 1 aliphatic heterocycles. The van der Waals surface area contributed by atoms with Crippen LogP contribution in [0.15, 0.2) is 0 Å². The van der Waals surface area contributed by atoms with Gasteiger partial charge in [0.1, 0.15) is 0 Å². The van der Waals surface area contributed by atoms with Gasteiger partial charge in [-0.2, -0.15) is 0 Å². The van der Waals surface area contributed by atoms with Gasteiger partial charge in [-0.1, -0.05) is 12.8 Å². The van der Waals surface area contributed by atoms with Crippen LogP contribution in [0.2, 0.25) is 0 Å². The van der Waals surface area contributed by atoms with Gasteiger partial charge < -0.3 is 10.1 Å². The summed E-state index contributed by atoms with van der Waals surface area (Å²) in [5.41, 5.74) is 0.783. The van der Waals surface area contributed by atoms with Crippen molar-refractivity contribution in [1.29, 1.82) is 0 Å². The number of rotatable bonds is 3. The van der Waals surface area contributed by atoms with E-state index < -0.39 is 0 Å². The van der Waals surface area contributed by atoms with Gasteiger partial charge in [-0.3, -0.25) is 0 Å². The first-order chi connectivity index (χ1) is 7.20. The molecule has 0 amide bonds. The molecule has 1 N–H and O–H groups in total. The molecule has 3 rings (SSSR count). The van der Waals surface area contributed by atoms with Crippen LogP contribution in [-0.2, 0) is 4.74 Å². The molecule has 0 aromatic carbocycles. The number of ether oxygens (including phenoxy) is 1. The molecule has 2 heteroatoms. The molecule has 0 radical (unpaired) electrons.